The summed E-state index contributed by atoms with van der Waals surface area (Å²) in [7, 11) is 1.76. The highest BCUT2D eigenvalue weighted by Crippen LogP contribution is 2.20. The average Bonchev–Trinajstić information content (AvgIpc) is 2.38. The highest BCUT2D eigenvalue weighted by atomic mass is 16.1. The molecule has 0 saturated heterocycles. The number of aldehydes is 1. The number of carbonyl (C=O) groups is 1. The van der Waals surface area contributed by atoms with Crippen LogP contribution in [0.5, 0.6) is 0 Å². The molecule has 2 rings (SSSR count). The van der Waals surface area contributed by atoms with E-state index in [1.54, 1.807) is 25.2 Å². The van der Waals surface area contributed by atoms with Crippen LogP contribution in [0.25, 0.3) is 11.3 Å². The smallest absolute Gasteiger partial charge is 0.222 e. The first kappa shape index (κ1) is 11.1. The lowest BCUT2D eigenvalue weighted by Gasteiger charge is -2.05. The maximum absolute atomic E-state index is 10.6. The maximum atomic E-state index is 10.6. The van der Waals surface area contributed by atoms with Crippen molar-refractivity contribution in [1.82, 2.24) is 9.97 Å². The summed E-state index contributed by atoms with van der Waals surface area (Å²) in [5, 5.41) is 2.91. The van der Waals surface area contributed by atoms with Gasteiger partial charge in [0.1, 0.15) is 12.1 Å². The third kappa shape index (κ3) is 2.39. The minimum Gasteiger partial charge on any atom is -0.373 e. The molecular weight excluding hydrogens is 216 g/mol. The fourth-order valence-electron chi connectivity index (χ4n) is 1.47. The number of nitrogens with one attached hydrogen (secondary N) is 1. The van der Waals surface area contributed by atoms with E-state index >= 15 is 0 Å². The van der Waals surface area contributed by atoms with Crippen molar-refractivity contribution in [3.63, 3.8) is 0 Å². The minimum absolute atomic E-state index is 0.214. The molecule has 3 N–H and O–H groups in total. The van der Waals surface area contributed by atoms with Crippen LogP contribution in [0.4, 0.5) is 11.8 Å². The molecule has 0 aliphatic rings. The molecule has 1 aromatic heterocycles. The van der Waals surface area contributed by atoms with Crippen molar-refractivity contribution in [1.29, 1.82) is 0 Å². The van der Waals surface area contributed by atoms with Crippen LogP contribution in [0.15, 0.2) is 30.3 Å². The summed E-state index contributed by atoms with van der Waals surface area (Å²) in [6.45, 7) is 0. The average molecular weight is 228 g/mol. The summed E-state index contributed by atoms with van der Waals surface area (Å²) in [4.78, 5) is 18.7. The molecule has 1 heterocycles. The fourth-order valence-corrected chi connectivity index (χ4v) is 1.47. The van der Waals surface area contributed by atoms with Gasteiger partial charge in [0.25, 0.3) is 0 Å². The van der Waals surface area contributed by atoms with Crippen LogP contribution in [0.1, 0.15) is 10.4 Å². The predicted octanol–water partition coefficient (Wildman–Crippen LogP) is 1.58. The van der Waals surface area contributed by atoms with Gasteiger partial charge in [0, 0.05) is 24.2 Å². The van der Waals surface area contributed by atoms with Crippen molar-refractivity contribution in [2.75, 3.05) is 18.1 Å². The lowest BCUT2D eigenvalue weighted by Crippen LogP contribution is -2.01. The van der Waals surface area contributed by atoms with Gasteiger partial charge >= 0.3 is 0 Å². The van der Waals surface area contributed by atoms with Gasteiger partial charge < -0.3 is 11.1 Å². The lowest BCUT2D eigenvalue weighted by molar-refractivity contribution is 0.112. The Bertz CT molecular complexity index is 537. The molecule has 5 nitrogen and oxygen atoms in total. The normalized spacial score (nSPS) is 9.94. The van der Waals surface area contributed by atoms with Crippen molar-refractivity contribution >= 4 is 18.1 Å². The highest BCUT2D eigenvalue weighted by molar-refractivity contribution is 5.76. The number of nitrogens with two attached hydrogens (primary N) is 1. The van der Waals surface area contributed by atoms with Crippen LogP contribution in [-0.4, -0.2) is 23.3 Å². The molecule has 0 aliphatic heterocycles. The molecule has 1 aromatic carbocycles. The van der Waals surface area contributed by atoms with Gasteiger partial charge in [-0.3, -0.25) is 4.79 Å². The molecule has 17 heavy (non-hydrogen) atoms. The van der Waals surface area contributed by atoms with Crippen LogP contribution in [-0.2, 0) is 0 Å². The molecular formula is C12H12N4O. The Kier molecular flexibility index (Phi) is 3.00. The Morgan fingerprint density at radius 3 is 2.53 bits per heavy atom. The molecule has 0 spiro atoms. The zero-order valence-electron chi connectivity index (χ0n) is 9.34. The van der Waals surface area contributed by atoms with E-state index < -0.39 is 0 Å². The lowest BCUT2D eigenvalue weighted by atomic mass is 10.1. The minimum atomic E-state index is 0.214. The summed E-state index contributed by atoms with van der Waals surface area (Å²) in [6.07, 6.45) is 0.803. The van der Waals surface area contributed by atoms with Gasteiger partial charge in [-0.05, 0) is 0 Å². The van der Waals surface area contributed by atoms with Crippen molar-refractivity contribution in [3.05, 3.63) is 35.9 Å². The SMILES string of the molecule is CNc1cc(-c2ccc(C=O)cc2)nc(N)n1. The molecule has 0 atom stereocenters. The highest BCUT2D eigenvalue weighted by Gasteiger charge is 2.03. The second-order valence-corrected chi connectivity index (χ2v) is 3.49. The first-order valence-electron chi connectivity index (χ1n) is 5.11. The summed E-state index contributed by atoms with van der Waals surface area (Å²) in [6, 6.07) is 8.92. The number of nitrogens with zero attached hydrogens (tertiary/aromatic N) is 2. The summed E-state index contributed by atoms with van der Waals surface area (Å²) in [5.41, 5.74) is 7.85. The number of nitrogen functional groups attached to an aromatic ring is 1. The zero-order chi connectivity index (χ0) is 12.3. The van der Waals surface area contributed by atoms with E-state index in [0.717, 1.165) is 17.5 Å². The summed E-state index contributed by atoms with van der Waals surface area (Å²) in [5.74, 6) is 0.873. The topological polar surface area (TPSA) is 80.9 Å². The largest absolute Gasteiger partial charge is 0.373 e. The molecule has 0 aliphatic carbocycles. The number of carbonyl (C=O) groups excluding carboxylic acids is 1. The third-order valence-corrected chi connectivity index (χ3v) is 2.34. The Hall–Kier alpha value is -2.43. The zero-order valence-corrected chi connectivity index (χ0v) is 9.34. The number of anilines is 2. The summed E-state index contributed by atoms with van der Waals surface area (Å²) >= 11 is 0. The Morgan fingerprint density at radius 2 is 1.94 bits per heavy atom. The first-order valence-corrected chi connectivity index (χ1v) is 5.11. The van der Waals surface area contributed by atoms with Gasteiger partial charge in [-0.15, -0.1) is 0 Å². The van der Waals surface area contributed by atoms with E-state index in [9.17, 15) is 4.79 Å². The van der Waals surface area contributed by atoms with Gasteiger partial charge in [-0.1, -0.05) is 24.3 Å². The standard InChI is InChI=1S/C12H12N4O/c1-14-11-6-10(15-12(13)16-11)9-4-2-8(7-17)3-5-9/h2-7H,1H3,(H3,13,14,15,16). The number of rotatable bonds is 3. The predicted molar refractivity (Wildman–Crippen MR) is 66.8 cm³/mol. The van der Waals surface area contributed by atoms with Gasteiger partial charge in [0.15, 0.2) is 0 Å². The van der Waals surface area contributed by atoms with Crippen LogP contribution in [0.3, 0.4) is 0 Å². The monoisotopic (exact) mass is 228 g/mol. The van der Waals surface area contributed by atoms with E-state index in [4.69, 9.17) is 5.73 Å². The van der Waals surface area contributed by atoms with E-state index in [1.807, 2.05) is 12.1 Å². The molecule has 5 heteroatoms. The maximum Gasteiger partial charge on any atom is 0.222 e. The van der Waals surface area contributed by atoms with Crippen molar-refractivity contribution in [3.8, 4) is 11.3 Å². The number of hydrogen-bond acceptors (Lipinski definition) is 5. The molecule has 0 bridgehead atoms. The number of hydrogen-bond donors (Lipinski definition) is 2. The van der Waals surface area contributed by atoms with Crippen molar-refractivity contribution in [2.24, 2.45) is 0 Å². The number of aromatic nitrogens is 2. The van der Waals surface area contributed by atoms with E-state index in [1.165, 1.54) is 0 Å². The second-order valence-electron chi connectivity index (χ2n) is 3.49. The van der Waals surface area contributed by atoms with Gasteiger partial charge in [0.2, 0.25) is 5.95 Å². The fraction of sp³-hybridized carbons (Fsp3) is 0.0833. The number of benzene rings is 1. The molecule has 86 valence electrons. The van der Waals surface area contributed by atoms with E-state index in [0.29, 0.717) is 11.4 Å². The molecule has 2 aromatic rings. The van der Waals surface area contributed by atoms with E-state index in [2.05, 4.69) is 15.3 Å². The molecule has 0 unspecified atom stereocenters. The third-order valence-electron chi connectivity index (χ3n) is 2.34. The Balaban J connectivity index is 2.44. The molecule has 0 saturated carbocycles. The van der Waals surface area contributed by atoms with Crippen molar-refractivity contribution < 1.29 is 4.79 Å². The van der Waals surface area contributed by atoms with Gasteiger partial charge in [0.05, 0.1) is 5.69 Å². The van der Waals surface area contributed by atoms with Crippen LogP contribution < -0.4 is 11.1 Å². The van der Waals surface area contributed by atoms with E-state index in [-0.39, 0.29) is 5.95 Å². The first-order chi connectivity index (χ1) is 8.22. The van der Waals surface area contributed by atoms with Crippen LogP contribution >= 0.6 is 0 Å². The van der Waals surface area contributed by atoms with Crippen molar-refractivity contribution in [2.45, 2.75) is 0 Å². The Morgan fingerprint density at radius 1 is 1.24 bits per heavy atom. The summed E-state index contributed by atoms with van der Waals surface area (Å²) < 4.78 is 0. The van der Waals surface area contributed by atoms with Crippen LogP contribution in [0.2, 0.25) is 0 Å². The Labute approximate surface area is 98.7 Å². The second kappa shape index (κ2) is 4.61. The van der Waals surface area contributed by atoms with Crippen LogP contribution in [0, 0.1) is 0 Å². The van der Waals surface area contributed by atoms with Gasteiger partial charge in [-0.25, -0.2) is 4.98 Å². The quantitative estimate of drug-likeness (QED) is 0.779. The molecule has 0 radical (unpaired) electrons. The molecule has 0 amide bonds. The van der Waals surface area contributed by atoms with Gasteiger partial charge in [-0.2, -0.15) is 4.98 Å². The molecule has 0 fully saturated rings.